The van der Waals surface area contributed by atoms with E-state index >= 15 is 0 Å². The lowest BCUT2D eigenvalue weighted by atomic mass is 10.1. The number of piperidine rings is 1. The SMILES string of the molecule is O=C(c1ccccc1OCC1CC1)N1CCC(O)CC1. The standard InChI is InChI=1S/C16H21NO3/c18-13-7-9-17(10-8-13)16(19)14-3-1-2-4-15(14)20-11-12-5-6-12/h1-4,12-13,18H,5-11H2. The highest BCUT2D eigenvalue weighted by atomic mass is 16.5. The summed E-state index contributed by atoms with van der Waals surface area (Å²) >= 11 is 0. The van der Waals surface area contributed by atoms with E-state index in [9.17, 15) is 9.90 Å². The van der Waals surface area contributed by atoms with Crippen molar-refractivity contribution < 1.29 is 14.6 Å². The van der Waals surface area contributed by atoms with Crippen LogP contribution in [0.3, 0.4) is 0 Å². The third kappa shape index (κ3) is 3.12. The summed E-state index contributed by atoms with van der Waals surface area (Å²) in [5.41, 5.74) is 0.643. The van der Waals surface area contributed by atoms with Crippen LogP contribution in [0.4, 0.5) is 0 Å². The maximum atomic E-state index is 12.6. The van der Waals surface area contributed by atoms with Crippen LogP contribution in [0, 0.1) is 5.92 Å². The fraction of sp³-hybridized carbons (Fsp3) is 0.562. The highest BCUT2D eigenvalue weighted by Gasteiger charge is 2.26. The lowest BCUT2D eigenvalue weighted by Crippen LogP contribution is -2.40. The summed E-state index contributed by atoms with van der Waals surface area (Å²) < 4.78 is 5.80. The van der Waals surface area contributed by atoms with Crippen molar-refractivity contribution in [3.8, 4) is 5.75 Å². The molecule has 4 nitrogen and oxygen atoms in total. The Morgan fingerprint density at radius 2 is 1.90 bits per heavy atom. The van der Waals surface area contributed by atoms with Gasteiger partial charge in [-0.15, -0.1) is 0 Å². The third-order valence-electron chi connectivity index (χ3n) is 4.04. The first-order valence-corrected chi connectivity index (χ1v) is 7.43. The summed E-state index contributed by atoms with van der Waals surface area (Å²) in [6, 6.07) is 7.47. The van der Waals surface area contributed by atoms with Crippen molar-refractivity contribution in [2.75, 3.05) is 19.7 Å². The number of aliphatic hydroxyl groups excluding tert-OH is 1. The second kappa shape index (κ2) is 5.83. The van der Waals surface area contributed by atoms with Crippen LogP contribution in [0.2, 0.25) is 0 Å². The van der Waals surface area contributed by atoms with E-state index in [1.54, 1.807) is 0 Å². The molecule has 108 valence electrons. The topological polar surface area (TPSA) is 49.8 Å². The van der Waals surface area contributed by atoms with Gasteiger partial charge in [-0.2, -0.15) is 0 Å². The highest BCUT2D eigenvalue weighted by Crippen LogP contribution is 2.30. The van der Waals surface area contributed by atoms with Crippen LogP contribution in [0.5, 0.6) is 5.75 Å². The minimum absolute atomic E-state index is 0.0169. The third-order valence-corrected chi connectivity index (χ3v) is 4.04. The van der Waals surface area contributed by atoms with E-state index < -0.39 is 0 Å². The Labute approximate surface area is 119 Å². The van der Waals surface area contributed by atoms with E-state index in [1.807, 2.05) is 29.2 Å². The molecule has 4 heteroatoms. The zero-order valence-electron chi connectivity index (χ0n) is 11.6. The molecule has 0 aromatic heterocycles. The van der Waals surface area contributed by atoms with Gasteiger partial charge in [-0.25, -0.2) is 0 Å². The van der Waals surface area contributed by atoms with E-state index in [4.69, 9.17) is 4.74 Å². The van der Waals surface area contributed by atoms with Crippen LogP contribution >= 0.6 is 0 Å². The summed E-state index contributed by atoms with van der Waals surface area (Å²) in [5.74, 6) is 1.38. The molecule has 0 bridgehead atoms. The van der Waals surface area contributed by atoms with Crippen molar-refractivity contribution in [3.63, 3.8) is 0 Å². The van der Waals surface area contributed by atoms with Crippen LogP contribution in [0.1, 0.15) is 36.0 Å². The molecule has 1 aromatic rings. The molecule has 0 spiro atoms. The smallest absolute Gasteiger partial charge is 0.257 e. The molecule has 0 radical (unpaired) electrons. The summed E-state index contributed by atoms with van der Waals surface area (Å²) in [7, 11) is 0. The predicted molar refractivity (Wildman–Crippen MR) is 75.8 cm³/mol. The first-order chi connectivity index (χ1) is 9.74. The zero-order chi connectivity index (χ0) is 13.9. The monoisotopic (exact) mass is 275 g/mol. The van der Waals surface area contributed by atoms with Gasteiger partial charge in [0.2, 0.25) is 0 Å². The Kier molecular flexibility index (Phi) is 3.92. The number of amides is 1. The van der Waals surface area contributed by atoms with Crippen LogP contribution in [0.15, 0.2) is 24.3 Å². The number of carbonyl (C=O) groups excluding carboxylic acids is 1. The van der Waals surface area contributed by atoms with E-state index in [2.05, 4.69) is 0 Å². The average Bonchev–Trinajstić information content (AvgIpc) is 3.30. The molecular formula is C16H21NO3. The van der Waals surface area contributed by atoms with Gasteiger partial charge in [0, 0.05) is 13.1 Å². The predicted octanol–water partition coefficient (Wildman–Crippen LogP) is 2.07. The van der Waals surface area contributed by atoms with Gasteiger partial charge in [-0.1, -0.05) is 12.1 Å². The molecule has 0 atom stereocenters. The van der Waals surface area contributed by atoms with Crippen molar-refractivity contribution in [1.82, 2.24) is 4.90 Å². The molecule has 2 fully saturated rings. The van der Waals surface area contributed by atoms with Gasteiger partial charge in [0.15, 0.2) is 0 Å². The molecular weight excluding hydrogens is 254 g/mol. The summed E-state index contributed by atoms with van der Waals surface area (Å²) in [5, 5.41) is 9.52. The van der Waals surface area contributed by atoms with Gasteiger partial charge < -0.3 is 14.7 Å². The molecule has 1 aromatic carbocycles. The first kappa shape index (κ1) is 13.4. The van der Waals surface area contributed by atoms with Gasteiger partial charge in [-0.3, -0.25) is 4.79 Å². The van der Waals surface area contributed by atoms with E-state index in [0.717, 1.165) is 0 Å². The number of carbonyl (C=O) groups is 1. The molecule has 1 N–H and O–H groups in total. The Balaban J connectivity index is 1.69. The Morgan fingerprint density at radius 3 is 2.60 bits per heavy atom. The molecule has 2 aliphatic rings. The number of aliphatic hydroxyl groups is 1. The van der Waals surface area contributed by atoms with Crippen molar-refractivity contribution in [1.29, 1.82) is 0 Å². The molecule has 1 heterocycles. The quantitative estimate of drug-likeness (QED) is 0.915. The molecule has 1 saturated carbocycles. The van der Waals surface area contributed by atoms with Crippen molar-refractivity contribution >= 4 is 5.91 Å². The van der Waals surface area contributed by atoms with Crippen molar-refractivity contribution in [3.05, 3.63) is 29.8 Å². The lowest BCUT2D eigenvalue weighted by Gasteiger charge is -2.30. The number of benzene rings is 1. The van der Waals surface area contributed by atoms with Crippen LogP contribution in [-0.2, 0) is 0 Å². The van der Waals surface area contributed by atoms with Crippen LogP contribution in [0.25, 0.3) is 0 Å². The van der Waals surface area contributed by atoms with Gasteiger partial charge in [0.05, 0.1) is 18.3 Å². The fourth-order valence-electron chi connectivity index (χ4n) is 2.50. The van der Waals surface area contributed by atoms with E-state index in [1.165, 1.54) is 12.8 Å². The number of para-hydroxylation sites is 1. The molecule has 1 saturated heterocycles. The number of nitrogens with zero attached hydrogens (tertiary/aromatic N) is 1. The molecule has 1 aliphatic carbocycles. The van der Waals surface area contributed by atoms with E-state index in [0.29, 0.717) is 49.8 Å². The highest BCUT2D eigenvalue weighted by molar-refractivity contribution is 5.97. The molecule has 3 rings (SSSR count). The fourth-order valence-corrected chi connectivity index (χ4v) is 2.50. The normalized spacial score (nSPS) is 19.9. The number of hydrogen-bond donors (Lipinski definition) is 1. The largest absolute Gasteiger partial charge is 0.492 e. The maximum Gasteiger partial charge on any atom is 0.257 e. The maximum absolute atomic E-state index is 12.6. The van der Waals surface area contributed by atoms with Gasteiger partial charge in [-0.05, 0) is 43.7 Å². The Bertz CT molecular complexity index is 476. The van der Waals surface area contributed by atoms with Crippen molar-refractivity contribution in [2.24, 2.45) is 5.92 Å². The molecule has 1 aliphatic heterocycles. The van der Waals surface area contributed by atoms with Crippen LogP contribution in [-0.4, -0.2) is 41.7 Å². The van der Waals surface area contributed by atoms with Gasteiger partial charge in [0.1, 0.15) is 5.75 Å². The number of rotatable bonds is 4. The Hall–Kier alpha value is -1.55. The second-order valence-corrected chi connectivity index (χ2v) is 5.77. The number of likely N-dealkylation sites (tertiary alicyclic amines) is 1. The number of hydrogen-bond acceptors (Lipinski definition) is 3. The minimum Gasteiger partial charge on any atom is -0.492 e. The Morgan fingerprint density at radius 1 is 1.20 bits per heavy atom. The molecule has 0 unspecified atom stereocenters. The first-order valence-electron chi connectivity index (χ1n) is 7.43. The van der Waals surface area contributed by atoms with Gasteiger partial charge in [0.25, 0.3) is 5.91 Å². The second-order valence-electron chi connectivity index (χ2n) is 5.77. The average molecular weight is 275 g/mol. The summed E-state index contributed by atoms with van der Waals surface area (Å²) in [4.78, 5) is 14.4. The van der Waals surface area contributed by atoms with Gasteiger partial charge >= 0.3 is 0 Å². The molecule has 1 amide bonds. The van der Waals surface area contributed by atoms with E-state index in [-0.39, 0.29) is 12.0 Å². The van der Waals surface area contributed by atoms with Crippen molar-refractivity contribution in [2.45, 2.75) is 31.8 Å². The molecule has 20 heavy (non-hydrogen) atoms. The minimum atomic E-state index is -0.264. The zero-order valence-corrected chi connectivity index (χ0v) is 11.6. The lowest BCUT2D eigenvalue weighted by molar-refractivity contribution is 0.0543. The summed E-state index contributed by atoms with van der Waals surface area (Å²) in [6.45, 7) is 1.96. The number of ether oxygens (including phenoxy) is 1. The van der Waals surface area contributed by atoms with Crippen LogP contribution < -0.4 is 4.74 Å². The summed E-state index contributed by atoms with van der Waals surface area (Å²) in [6.07, 6.45) is 3.54.